The molecule has 0 aliphatic carbocycles. The fraction of sp³-hybridized carbons (Fsp3) is 0. The van der Waals surface area contributed by atoms with Gasteiger partial charge in [0, 0.05) is 35.8 Å². The number of hydrogen-bond donors (Lipinski definition) is 1. The monoisotopic (exact) mass is 350 g/mol. The molecule has 3 heteroatoms. The predicted octanol–water partition coefficient (Wildman–Crippen LogP) is 5.87. The fourth-order valence-electron chi connectivity index (χ4n) is 3.03. The van der Waals surface area contributed by atoms with Crippen molar-refractivity contribution in [1.29, 1.82) is 0 Å². The second-order valence-electron chi connectivity index (χ2n) is 6.16. The summed E-state index contributed by atoms with van der Waals surface area (Å²) in [6, 6.07) is 27.3. The van der Waals surface area contributed by atoms with Crippen molar-refractivity contribution in [2.24, 2.45) is 4.99 Å². The first kappa shape index (κ1) is 16.7. The van der Waals surface area contributed by atoms with E-state index in [0.29, 0.717) is 5.69 Å². The lowest BCUT2D eigenvalue weighted by atomic mass is 9.94. The van der Waals surface area contributed by atoms with Crippen LogP contribution in [0.4, 0.5) is 5.69 Å². The highest BCUT2D eigenvalue weighted by Crippen LogP contribution is 2.41. The van der Waals surface area contributed by atoms with E-state index in [2.05, 4.69) is 9.98 Å². The van der Waals surface area contributed by atoms with E-state index in [-0.39, 0.29) is 5.75 Å². The summed E-state index contributed by atoms with van der Waals surface area (Å²) in [4.78, 5) is 8.78. The zero-order valence-electron chi connectivity index (χ0n) is 14.7. The summed E-state index contributed by atoms with van der Waals surface area (Å²) in [5.41, 5.74) is 5.26. The molecule has 3 nitrogen and oxygen atoms in total. The summed E-state index contributed by atoms with van der Waals surface area (Å²) in [6.45, 7) is 0. The molecule has 3 aromatic carbocycles. The van der Waals surface area contributed by atoms with E-state index in [1.54, 1.807) is 24.7 Å². The van der Waals surface area contributed by atoms with Crippen LogP contribution in [0.25, 0.3) is 22.3 Å². The minimum absolute atomic E-state index is 0.197. The molecule has 1 N–H and O–H groups in total. The number of aromatic hydroxyl groups is 1. The number of phenolic OH excluding ortho intramolecular Hbond substituents is 1. The molecule has 130 valence electrons. The molecule has 0 amide bonds. The molecule has 0 saturated heterocycles. The summed E-state index contributed by atoms with van der Waals surface area (Å²) >= 11 is 0. The molecule has 1 heterocycles. The van der Waals surface area contributed by atoms with Crippen LogP contribution in [0.15, 0.2) is 102 Å². The Kier molecular flexibility index (Phi) is 4.75. The van der Waals surface area contributed by atoms with Gasteiger partial charge in [-0.3, -0.25) is 9.98 Å². The first-order valence-electron chi connectivity index (χ1n) is 8.73. The van der Waals surface area contributed by atoms with Crippen LogP contribution in [0.5, 0.6) is 5.75 Å². The first-order valence-corrected chi connectivity index (χ1v) is 8.73. The highest BCUT2D eigenvalue weighted by atomic mass is 16.3. The molecular weight excluding hydrogens is 332 g/mol. The molecule has 0 atom stereocenters. The SMILES string of the molecule is Oc1cc(N=Cc2ccccc2)cc(-c2cccnc2)c1-c1ccccc1. The molecule has 4 aromatic rings. The van der Waals surface area contributed by atoms with E-state index in [9.17, 15) is 5.11 Å². The highest BCUT2D eigenvalue weighted by molar-refractivity contribution is 5.90. The Morgan fingerprint density at radius 3 is 2.19 bits per heavy atom. The van der Waals surface area contributed by atoms with Crippen LogP contribution in [0.2, 0.25) is 0 Å². The molecule has 0 bridgehead atoms. The van der Waals surface area contributed by atoms with Crippen molar-refractivity contribution >= 4 is 11.9 Å². The number of aromatic nitrogens is 1. The number of aliphatic imine (C=N–C) groups is 1. The van der Waals surface area contributed by atoms with Gasteiger partial charge < -0.3 is 5.11 Å². The average molecular weight is 350 g/mol. The molecule has 0 fully saturated rings. The van der Waals surface area contributed by atoms with E-state index >= 15 is 0 Å². The zero-order chi connectivity index (χ0) is 18.5. The second-order valence-corrected chi connectivity index (χ2v) is 6.16. The van der Waals surface area contributed by atoms with E-state index in [1.165, 1.54) is 0 Å². The van der Waals surface area contributed by atoms with Gasteiger partial charge in [0.2, 0.25) is 0 Å². The van der Waals surface area contributed by atoms with Gasteiger partial charge in [-0.15, -0.1) is 0 Å². The molecular formula is C24H18N2O. The Hall–Kier alpha value is -3.72. The van der Waals surface area contributed by atoms with Crippen molar-refractivity contribution in [3.05, 3.63) is 103 Å². The predicted molar refractivity (Wildman–Crippen MR) is 110 cm³/mol. The van der Waals surface area contributed by atoms with E-state index in [1.807, 2.05) is 78.9 Å². The van der Waals surface area contributed by atoms with Gasteiger partial charge in [-0.2, -0.15) is 0 Å². The van der Waals surface area contributed by atoms with Crippen LogP contribution in [-0.2, 0) is 0 Å². The van der Waals surface area contributed by atoms with Crippen LogP contribution in [0.3, 0.4) is 0 Å². The first-order chi connectivity index (χ1) is 13.3. The third-order valence-electron chi connectivity index (χ3n) is 4.30. The number of phenols is 1. The van der Waals surface area contributed by atoms with Gasteiger partial charge in [-0.1, -0.05) is 66.7 Å². The fourth-order valence-corrected chi connectivity index (χ4v) is 3.03. The molecule has 4 rings (SSSR count). The number of rotatable bonds is 4. The van der Waals surface area contributed by atoms with Crippen LogP contribution in [0.1, 0.15) is 5.56 Å². The second kappa shape index (κ2) is 7.67. The summed E-state index contributed by atoms with van der Waals surface area (Å²) in [5.74, 6) is 0.197. The topological polar surface area (TPSA) is 45.5 Å². The maximum absolute atomic E-state index is 10.8. The molecule has 1 aromatic heterocycles. The lowest BCUT2D eigenvalue weighted by Gasteiger charge is -2.13. The summed E-state index contributed by atoms with van der Waals surface area (Å²) in [5, 5.41) is 10.8. The third-order valence-corrected chi connectivity index (χ3v) is 4.30. The van der Waals surface area contributed by atoms with Crippen LogP contribution in [-0.4, -0.2) is 16.3 Å². The van der Waals surface area contributed by atoms with Crippen molar-refractivity contribution < 1.29 is 5.11 Å². The maximum atomic E-state index is 10.8. The highest BCUT2D eigenvalue weighted by Gasteiger charge is 2.14. The number of pyridine rings is 1. The normalized spacial score (nSPS) is 11.0. The summed E-state index contributed by atoms with van der Waals surface area (Å²) in [6.07, 6.45) is 5.33. The van der Waals surface area contributed by atoms with Crippen LogP contribution < -0.4 is 0 Å². The molecule has 0 aliphatic heterocycles. The quantitative estimate of drug-likeness (QED) is 0.468. The average Bonchev–Trinajstić information content (AvgIpc) is 2.74. The molecule has 27 heavy (non-hydrogen) atoms. The lowest BCUT2D eigenvalue weighted by molar-refractivity contribution is 0.478. The van der Waals surface area contributed by atoms with Crippen molar-refractivity contribution in [1.82, 2.24) is 4.98 Å². The van der Waals surface area contributed by atoms with Crippen molar-refractivity contribution in [3.8, 4) is 28.0 Å². The van der Waals surface area contributed by atoms with Crippen LogP contribution >= 0.6 is 0 Å². The van der Waals surface area contributed by atoms with Gasteiger partial charge in [0.05, 0.1) is 5.69 Å². The standard InChI is InChI=1S/C24H18N2O/c27-23-15-21(26-16-18-8-3-1-4-9-18)14-22(20-12-7-13-25-17-20)24(23)19-10-5-2-6-11-19/h1-17,27H. The molecule has 0 radical (unpaired) electrons. The van der Waals surface area contributed by atoms with E-state index in [4.69, 9.17) is 0 Å². The minimum Gasteiger partial charge on any atom is -0.507 e. The van der Waals surface area contributed by atoms with E-state index < -0.39 is 0 Å². The molecule has 0 unspecified atom stereocenters. The maximum Gasteiger partial charge on any atom is 0.126 e. The summed E-state index contributed by atoms with van der Waals surface area (Å²) < 4.78 is 0. The zero-order valence-corrected chi connectivity index (χ0v) is 14.7. The Bertz CT molecular complexity index is 1060. The van der Waals surface area contributed by atoms with Gasteiger partial charge >= 0.3 is 0 Å². The minimum atomic E-state index is 0.197. The smallest absolute Gasteiger partial charge is 0.126 e. The van der Waals surface area contributed by atoms with Gasteiger partial charge in [-0.25, -0.2) is 0 Å². The van der Waals surface area contributed by atoms with Gasteiger partial charge in [0.25, 0.3) is 0 Å². The van der Waals surface area contributed by atoms with E-state index in [0.717, 1.165) is 27.8 Å². The van der Waals surface area contributed by atoms with Gasteiger partial charge in [0.15, 0.2) is 0 Å². The summed E-state index contributed by atoms with van der Waals surface area (Å²) in [7, 11) is 0. The lowest BCUT2D eigenvalue weighted by Crippen LogP contribution is -1.88. The van der Waals surface area contributed by atoms with Crippen molar-refractivity contribution in [2.45, 2.75) is 0 Å². The Morgan fingerprint density at radius 2 is 1.48 bits per heavy atom. The van der Waals surface area contributed by atoms with Crippen LogP contribution in [0, 0.1) is 0 Å². The van der Waals surface area contributed by atoms with Crippen molar-refractivity contribution in [3.63, 3.8) is 0 Å². The van der Waals surface area contributed by atoms with Gasteiger partial charge in [0.1, 0.15) is 5.75 Å². The molecule has 0 spiro atoms. The molecule has 0 saturated carbocycles. The Labute approximate surface area is 158 Å². The number of hydrogen-bond acceptors (Lipinski definition) is 3. The number of nitrogens with zero attached hydrogens (tertiary/aromatic N) is 2. The molecule has 0 aliphatic rings. The Balaban J connectivity index is 1.85. The Morgan fingerprint density at radius 1 is 0.778 bits per heavy atom. The largest absolute Gasteiger partial charge is 0.507 e. The van der Waals surface area contributed by atoms with Gasteiger partial charge in [-0.05, 0) is 28.8 Å². The number of benzene rings is 3. The van der Waals surface area contributed by atoms with Crippen molar-refractivity contribution in [2.75, 3.05) is 0 Å². The third kappa shape index (κ3) is 3.77.